The van der Waals surface area contributed by atoms with Crippen molar-refractivity contribution < 1.29 is 8.42 Å². The Morgan fingerprint density at radius 1 is 1.54 bits per heavy atom. The van der Waals surface area contributed by atoms with Gasteiger partial charge in [0.15, 0.2) is 9.84 Å². The van der Waals surface area contributed by atoms with Gasteiger partial charge in [-0.2, -0.15) is 0 Å². The maximum Gasteiger partial charge on any atom is 0.199 e. The number of H-pyrrole nitrogens is 1. The molecule has 1 aromatic rings. The zero-order chi connectivity index (χ0) is 10.1. The third-order valence-corrected chi connectivity index (χ3v) is 4.53. The van der Waals surface area contributed by atoms with Crippen molar-refractivity contribution in [2.45, 2.75) is 23.6 Å². The molecule has 0 bridgehead atoms. The molecule has 4 nitrogen and oxygen atoms in total. The molecule has 0 fully saturated rings. The zero-order valence-electron chi connectivity index (χ0n) is 7.74. The van der Waals surface area contributed by atoms with Crippen LogP contribution in [0.1, 0.15) is 13.8 Å². The molecule has 0 aliphatic carbocycles. The fraction of sp³-hybridized carbons (Fsp3) is 0.500. The minimum atomic E-state index is -3.33. The molecule has 0 atom stereocenters. The molecule has 0 radical (unpaired) electrons. The number of sulfone groups is 1. The van der Waals surface area contributed by atoms with Crippen LogP contribution < -0.4 is 5.73 Å². The molecule has 74 valence electrons. The van der Waals surface area contributed by atoms with E-state index < -0.39 is 14.6 Å². The molecule has 0 saturated carbocycles. The van der Waals surface area contributed by atoms with Gasteiger partial charge in [0.2, 0.25) is 0 Å². The van der Waals surface area contributed by atoms with Crippen molar-refractivity contribution in [1.82, 2.24) is 4.98 Å². The molecule has 5 heteroatoms. The van der Waals surface area contributed by atoms with E-state index >= 15 is 0 Å². The molecule has 0 spiro atoms. The van der Waals surface area contributed by atoms with E-state index in [-0.39, 0.29) is 11.6 Å². The first-order valence-corrected chi connectivity index (χ1v) is 5.48. The molecule has 0 aliphatic rings. The predicted molar refractivity (Wildman–Crippen MR) is 51.1 cm³/mol. The van der Waals surface area contributed by atoms with Crippen LogP contribution in [0.4, 0.5) is 0 Å². The Morgan fingerprint density at radius 3 is 2.54 bits per heavy atom. The monoisotopic (exact) mass is 202 g/mol. The van der Waals surface area contributed by atoms with E-state index in [1.807, 2.05) is 0 Å². The van der Waals surface area contributed by atoms with Gasteiger partial charge >= 0.3 is 0 Å². The van der Waals surface area contributed by atoms with E-state index in [4.69, 9.17) is 5.73 Å². The Bertz CT molecular complexity index is 365. The van der Waals surface area contributed by atoms with Crippen LogP contribution >= 0.6 is 0 Å². The van der Waals surface area contributed by atoms with Crippen LogP contribution in [0.25, 0.3) is 0 Å². The highest BCUT2D eigenvalue weighted by molar-refractivity contribution is 7.92. The smallest absolute Gasteiger partial charge is 0.199 e. The standard InChI is InChI=1S/C8H14N2O2S/c1-8(2,6-9)13(11,12)7-4-3-5-10-7/h3-5,10H,6,9H2,1-2H3. The van der Waals surface area contributed by atoms with Crippen LogP contribution in [-0.2, 0) is 9.84 Å². The minimum Gasteiger partial charge on any atom is -0.352 e. The maximum atomic E-state index is 11.8. The van der Waals surface area contributed by atoms with E-state index in [1.54, 1.807) is 26.1 Å². The third-order valence-electron chi connectivity index (χ3n) is 2.08. The summed E-state index contributed by atoms with van der Waals surface area (Å²) in [4.78, 5) is 2.67. The fourth-order valence-electron chi connectivity index (χ4n) is 0.888. The lowest BCUT2D eigenvalue weighted by Gasteiger charge is -2.21. The third kappa shape index (κ3) is 1.62. The number of nitrogens with two attached hydrogens (primary N) is 1. The average Bonchev–Trinajstić information content (AvgIpc) is 2.56. The summed E-state index contributed by atoms with van der Waals surface area (Å²) < 4.78 is 22.8. The topological polar surface area (TPSA) is 76.0 Å². The number of aromatic amines is 1. The van der Waals surface area contributed by atoms with E-state index in [2.05, 4.69) is 4.98 Å². The molecule has 0 amide bonds. The molecule has 3 N–H and O–H groups in total. The summed E-state index contributed by atoms with van der Waals surface area (Å²) in [5.41, 5.74) is 5.41. The summed E-state index contributed by atoms with van der Waals surface area (Å²) in [7, 11) is -3.33. The van der Waals surface area contributed by atoms with Crippen LogP contribution in [0.5, 0.6) is 0 Å². The van der Waals surface area contributed by atoms with Gasteiger partial charge in [-0.05, 0) is 26.0 Å². The lowest BCUT2D eigenvalue weighted by atomic mass is 10.2. The second-order valence-corrected chi connectivity index (χ2v) is 6.05. The largest absolute Gasteiger partial charge is 0.352 e. The molecule has 1 rings (SSSR count). The summed E-state index contributed by atoms with van der Waals surface area (Å²) >= 11 is 0. The summed E-state index contributed by atoms with van der Waals surface area (Å²) in [6.07, 6.45) is 1.58. The molecular weight excluding hydrogens is 188 g/mol. The average molecular weight is 202 g/mol. The number of aromatic nitrogens is 1. The fourth-order valence-corrected chi connectivity index (χ4v) is 2.18. The van der Waals surface area contributed by atoms with Crippen LogP contribution in [0.3, 0.4) is 0 Å². The van der Waals surface area contributed by atoms with Crippen molar-refractivity contribution in [3.8, 4) is 0 Å². The van der Waals surface area contributed by atoms with Crippen LogP contribution in [0.15, 0.2) is 23.4 Å². The van der Waals surface area contributed by atoms with Crippen molar-refractivity contribution in [1.29, 1.82) is 0 Å². The maximum absolute atomic E-state index is 11.8. The summed E-state index contributed by atoms with van der Waals surface area (Å²) in [6, 6.07) is 3.19. The molecule has 13 heavy (non-hydrogen) atoms. The molecular formula is C8H14N2O2S. The first-order chi connectivity index (χ1) is 5.92. The number of hydrogen-bond acceptors (Lipinski definition) is 3. The zero-order valence-corrected chi connectivity index (χ0v) is 8.56. The van der Waals surface area contributed by atoms with Crippen molar-refractivity contribution in [2.75, 3.05) is 6.54 Å². The number of hydrogen-bond donors (Lipinski definition) is 2. The predicted octanol–water partition coefficient (Wildman–Crippen LogP) is 0.526. The van der Waals surface area contributed by atoms with Crippen molar-refractivity contribution in [2.24, 2.45) is 5.73 Å². The van der Waals surface area contributed by atoms with Crippen molar-refractivity contribution >= 4 is 9.84 Å². The van der Waals surface area contributed by atoms with Gasteiger partial charge in [0.05, 0.1) is 4.75 Å². The molecule has 0 unspecified atom stereocenters. The van der Waals surface area contributed by atoms with E-state index in [1.165, 1.54) is 6.07 Å². The summed E-state index contributed by atoms with van der Waals surface area (Å²) in [6.45, 7) is 3.33. The van der Waals surface area contributed by atoms with Crippen molar-refractivity contribution in [3.05, 3.63) is 18.3 Å². The molecule has 0 saturated heterocycles. The lowest BCUT2D eigenvalue weighted by Crippen LogP contribution is -2.39. The first kappa shape index (κ1) is 10.3. The van der Waals surface area contributed by atoms with Crippen LogP contribution in [0, 0.1) is 0 Å². The van der Waals surface area contributed by atoms with Gasteiger partial charge in [-0.15, -0.1) is 0 Å². The Hall–Kier alpha value is -0.810. The number of rotatable bonds is 3. The normalized spacial score (nSPS) is 13.2. The molecule has 0 aliphatic heterocycles. The molecule has 1 aromatic heterocycles. The van der Waals surface area contributed by atoms with Crippen LogP contribution in [-0.4, -0.2) is 24.7 Å². The lowest BCUT2D eigenvalue weighted by molar-refractivity contribution is 0.546. The highest BCUT2D eigenvalue weighted by Crippen LogP contribution is 2.22. The Morgan fingerprint density at radius 2 is 2.15 bits per heavy atom. The van der Waals surface area contributed by atoms with Gasteiger partial charge < -0.3 is 10.7 Å². The van der Waals surface area contributed by atoms with Gasteiger partial charge in [-0.1, -0.05) is 0 Å². The van der Waals surface area contributed by atoms with E-state index in [0.717, 1.165) is 0 Å². The molecule has 0 aromatic carbocycles. The highest BCUT2D eigenvalue weighted by atomic mass is 32.2. The van der Waals surface area contributed by atoms with Crippen molar-refractivity contribution in [3.63, 3.8) is 0 Å². The van der Waals surface area contributed by atoms with Gasteiger partial charge in [0.1, 0.15) is 5.03 Å². The van der Waals surface area contributed by atoms with Gasteiger partial charge in [-0.25, -0.2) is 8.42 Å². The number of nitrogens with one attached hydrogen (secondary N) is 1. The van der Waals surface area contributed by atoms with Gasteiger partial charge in [0, 0.05) is 12.7 Å². The first-order valence-electron chi connectivity index (χ1n) is 4.00. The van der Waals surface area contributed by atoms with Gasteiger partial charge in [0.25, 0.3) is 0 Å². The van der Waals surface area contributed by atoms with E-state index in [0.29, 0.717) is 0 Å². The second kappa shape index (κ2) is 3.16. The Kier molecular flexibility index (Phi) is 2.49. The highest BCUT2D eigenvalue weighted by Gasteiger charge is 2.34. The quantitative estimate of drug-likeness (QED) is 0.750. The van der Waals surface area contributed by atoms with Crippen LogP contribution in [0.2, 0.25) is 0 Å². The van der Waals surface area contributed by atoms with Gasteiger partial charge in [-0.3, -0.25) is 0 Å². The Balaban J connectivity index is 3.18. The molecule has 1 heterocycles. The van der Waals surface area contributed by atoms with E-state index in [9.17, 15) is 8.42 Å². The SMILES string of the molecule is CC(C)(CN)S(=O)(=O)c1ccc[nH]1. The second-order valence-electron chi connectivity index (χ2n) is 3.50. The minimum absolute atomic E-state index is 0.106. The summed E-state index contributed by atoms with van der Waals surface area (Å²) in [5, 5.41) is 0.225. The summed E-state index contributed by atoms with van der Waals surface area (Å²) in [5.74, 6) is 0. The Labute approximate surface area is 78.1 Å².